The van der Waals surface area contributed by atoms with Gasteiger partial charge in [-0.1, -0.05) is 43.0 Å². The second-order valence-electron chi connectivity index (χ2n) is 4.52. The largest absolute Gasteiger partial charge is 0.347 e. The maximum Gasteiger partial charge on any atom is 0.262 e. The molecule has 0 aliphatic carbocycles. The van der Waals surface area contributed by atoms with Gasteiger partial charge in [-0.2, -0.15) is 0 Å². The average Bonchev–Trinajstić information content (AvgIpc) is 2.99. The van der Waals surface area contributed by atoms with Crippen LogP contribution < -0.4 is 11.1 Å². The smallest absolute Gasteiger partial charge is 0.262 e. The van der Waals surface area contributed by atoms with Gasteiger partial charge in [0.1, 0.15) is 4.88 Å². The number of thiophene rings is 1. The van der Waals surface area contributed by atoms with Gasteiger partial charge < -0.3 is 11.1 Å². The number of benzene rings is 1. The van der Waals surface area contributed by atoms with Crippen LogP contribution in [0.4, 0.5) is 0 Å². The van der Waals surface area contributed by atoms with Crippen molar-refractivity contribution in [1.82, 2.24) is 5.32 Å². The Bertz CT molecular complexity index is 662. The third-order valence-electron chi connectivity index (χ3n) is 3.08. The summed E-state index contributed by atoms with van der Waals surface area (Å²) >= 11 is 1.39. The number of hydrogen-bond acceptors (Lipinski definition) is 3. The molecule has 0 unspecified atom stereocenters. The van der Waals surface area contributed by atoms with Gasteiger partial charge in [-0.25, -0.2) is 0 Å². The molecule has 0 aliphatic rings. The van der Waals surface area contributed by atoms with Crippen LogP contribution >= 0.6 is 11.3 Å². The fourth-order valence-electron chi connectivity index (χ4n) is 1.89. The van der Waals surface area contributed by atoms with Gasteiger partial charge in [0.25, 0.3) is 5.91 Å². The summed E-state index contributed by atoms with van der Waals surface area (Å²) in [6, 6.07) is 10.1. The van der Waals surface area contributed by atoms with Gasteiger partial charge in [0, 0.05) is 12.1 Å². The molecule has 0 atom stereocenters. The van der Waals surface area contributed by atoms with Crippen LogP contribution in [0, 0.1) is 11.8 Å². The lowest BCUT2D eigenvalue weighted by Gasteiger charge is -2.05. The second-order valence-corrected chi connectivity index (χ2v) is 5.44. The van der Waals surface area contributed by atoms with Crippen molar-refractivity contribution in [2.75, 3.05) is 6.54 Å². The summed E-state index contributed by atoms with van der Waals surface area (Å²) in [6.45, 7) is 2.93. The number of rotatable bonds is 4. The zero-order valence-corrected chi connectivity index (χ0v) is 12.8. The van der Waals surface area contributed by atoms with Crippen molar-refractivity contribution in [3.63, 3.8) is 0 Å². The molecule has 0 aliphatic heterocycles. The van der Waals surface area contributed by atoms with Crippen molar-refractivity contribution in [2.45, 2.75) is 19.9 Å². The van der Waals surface area contributed by atoms with E-state index in [-0.39, 0.29) is 5.91 Å². The topological polar surface area (TPSA) is 55.1 Å². The molecule has 2 rings (SSSR count). The average molecular weight is 298 g/mol. The van der Waals surface area contributed by atoms with Crippen molar-refractivity contribution in [1.29, 1.82) is 0 Å². The Labute approximate surface area is 129 Å². The first-order valence-electron chi connectivity index (χ1n) is 6.87. The molecule has 3 nitrogen and oxygen atoms in total. The van der Waals surface area contributed by atoms with E-state index < -0.39 is 0 Å². The Morgan fingerprint density at radius 3 is 2.62 bits per heavy atom. The number of aryl methyl sites for hydroxylation is 1. The Balaban J connectivity index is 1.99. The first-order chi connectivity index (χ1) is 10.2. The van der Waals surface area contributed by atoms with Crippen molar-refractivity contribution < 1.29 is 4.79 Å². The van der Waals surface area contributed by atoms with Gasteiger partial charge in [-0.15, -0.1) is 11.3 Å². The lowest BCUT2D eigenvalue weighted by molar-refractivity contribution is 0.0955. The number of nitrogens with one attached hydrogen (secondary N) is 1. The normalized spacial score (nSPS) is 9.81. The van der Waals surface area contributed by atoms with Gasteiger partial charge in [0.05, 0.1) is 6.54 Å². The van der Waals surface area contributed by atoms with Crippen molar-refractivity contribution in [2.24, 2.45) is 5.73 Å². The first-order valence-corrected chi connectivity index (χ1v) is 7.75. The molecule has 0 spiro atoms. The van der Waals surface area contributed by atoms with Crippen LogP contribution in [0.1, 0.15) is 33.3 Å². The highest BCUT2D eigenvalue weighted by atomic mass is 32.1. The van der Waals surface area contributed by atoms with Crippen LogP contribution in [0.5, 0.6) is 0 Å². The fraction of sp³-hybridized carbons (Fsp3) is 0.235. The summed E-state index contributed by atoms with van der Waals surface area (Å²) < 4.78 is 0. The van der Waals surface area contributed by atoms with Gasteiger partial charge in [0.2, 0.25) is 0 Å². The summed E-state index contributed by atoms with van der Waals surface area (Å²) in [4.78, 5) is 12.8. The third-order valence-corrected chi connectivity index (χ3v) is 3.99. The predicted octanol–water partition coefficient (Wildman–Crippen LogP) is 2.55. The van der Waals surface area contributed by atoms with Gasteiger partial charge in [0.15, 0.2) is 0 Å². The molecule has 1 amide bonds. The zero-order valence-electron chi connectivity index (χ0n) is 12.0. The van der Waals surface area contributed by atoms with Crippen LogP contribution in [0.25, 0.3) is 0 Å². The summed E-state index contributed by atoms with van der Waals surface area (Å²) in [5, 5.41) is 4.79. The molecule has 1 aromatic carbocycles. The zero-order chi connectivity index (χ0) is 15.1. The monoisotopic (exact) mass is 298 g/mol. The van der Waals surface area contributed by atoms with Crippen LogP contribution in [0.2, 0.25) is 0 Å². The highest BCUT2D eigenvalue weighted by Gasteiger charge is 2.11. The van der Waals surface area contributed by atoms with Crippen molar-refractivity contribution in [3.05, 3.63) is 57.3 Å². The lowest BCUT2D eigenvalue weighted by atomic mass is 10.1. The molecule has 0 radical (unpaired) electrons. The Morgan fingerprint density at radius 1 is 1.24 bits per heavy atom. The van der Waals surface area contributed by atoms with Crippen LogP contribution in [0.3, 0.4) is 0 Å². The summed E-state index contributed by atoms with van der Waals surface area (Å²) in [6.07, 6.45) is 1.02. The minimum atomic E-state index is -0.0918. The van der Waals surface area contributed by atoms with Crippen LogP contribution in [-0.2, 0) is 13.0 Å². The molecule has 0 saturated heterocycles. The number of carbonyl (C=O) groups is 1. The summed E-state index contributed by atoms with van der Waals surface area (Å²) in [5.41, 5.74) is 8.48. The molecular formula is C17H18N2OS. The highest BCUT2D eigenvalue weighted by molar-refractivity contribution is 7.12. The molecule has 1 heterocycles. The van der Waals surface area contributed by atoms with Gasteiger partial charge in [-0.3, -0.25) is 4.79 Å². The quantitative estimate of drug-likeness (QED) is 0.852. The maximum absolute atomic E-state index is 12.2. The third kappa shape index (κ3) is 4.19. The molecular weight excluding hydrogens is 280 g/mol. The first kappa shape index (κ1) is 15.3. The number of amides is 1. The molecule has 108 valence electrons. The standard InChI is InChI=1S/C17H18N2OS/c1-2-13-5-7-14(8-6-13)12-19-17(20)16-15(4-3-10-18)9-11-21-16/h5-9,11H,2,10,12,18H2,1H3,(H,19,20). The molecule has 0 fully saturated rings. The number of nitrogens with two attached hydrogens (primary N) is 1. The molecule has 4 heteroatoms. The highest BCUT2D eigenvalue weighted by Crippen LogP contribution is 2.16. The Kier molecular flexibility index (Phi) is 5.56. The Morgan fingerprint density at radius 2 is 1.95 bits per heavy atom. The van der Waals surface area contributed by atoms with Crippen molar-refractivity contribution in [3.8, 4) is 11.8 Å². The minimum absolute atomic E-state index is 0.0918. The van der Waals surface area contributed by atoms with Crippen molar-refractivity contribution >= 4 is 17.2 Å². The van der Waals surface area contributed by atoms with Crippen LogP contribution in [-0.4, -0.2) is 12.5 Å². The predicted molar refractivity (Wildman–Crippen MR) is 87.2 cm³/mol. The van der Waals surface area contributed by atoms with E-state index in [1.807, 2.05) is 23.6 Å². The van der Waals surface area contributed by atoms with E-state index in [0.29, 0.717) is 18.0 Å². The second kappa shape index (κ2) is 7.63. The number of carbonyl (C=O) groups excluding carboxylic acids is 1. The molecule has 1 aromatic heterocycles. The summed E-state index contributed by atoms with van der Waals surface area (Å²) in [5.74, 6) is 5.61. The van der Waals surface area contributed by atoms with Gasteiger partial charge in [-0.05, 0) is 29.0 Å². The van der Waals surface area contributed by atoms with E-state index in [2.05, 4.69) is 36.2 Å². The van der Waals surface area contributed by atoms with E-state index in [0.717, 1.165) is 17.5 Å². The minimum Gasteiger partial charge on any atom is -0.347 e. The Hall–Kier alpha value is -2.09. The van der Waals surface area contributed by atoms with E-state index in [4.69, 9.17) is 5.73 Å². The van der Waals surface area contributed by atoms with E-state index in [1.165, 1.54) is 16.9 Å². The molecule has 2 aromatic rings. The molecule has 0 bridgehead atoms. The fourth-order valence-corrected chi connectivity index (χ4v) is 2.65. The molecule has 3 N–H and O–H groups in total. The summed E-state index contributed by atoms with van der Waals surface area (Å²) in [7, 11) is 0. The maximum atomic E-state index is 12.2. The SMILES string of the molecule is CCc1ccc(CNC(=O)c2sccc2C#CCN)cc1. The molecule has 21 heavy (non-hydrogen) atoms. The van der Waals surface area contributed by atoms with E-state index in [1.54, 1.807) is 0 Å². The van der Waals surface area contributed by atoms with Crippen LogP contribution in [0.15, 0.2) is 35.7 Å². The molecule has 0 saturated carbocycles. The van der Waals surface area contributed by atoms with E-state index in [9.17, 15) is 4.79 Å². The van der Waals surface area contributed by atoms with E-state index >= 15 is 0 Å². The number of hydrogen-bond donors (Lipinski definition) is 2. The lowest BCUT2D eigenvalue weighted by Crippen LogP contribution is -2.22. The van der Waals surface area contributed by atoms with Gasteiger partial charge >= 0.3 is 0 Å².